The molecule has 1 atom stereocenters. The Kier molecular flexibility index (Phi) is 5.45. The smallest absolute Gasteiger partial charge is 0.382 e. The number of ether oxygens (including phenoxy) is 1. The minimum absolute atomic E-state index is 0.0306. The second kappa shape index (κ2) is 8.23. The van der Waals surface area contributed by atoms with Crippen LogP contribution in [-0.2, 0) is 9.53 Å². The maximum atomic E-state index is 12.3. The SMILES string of the molecule is N#CCC(c1csc(C(=O)OC(=O)C(F)(F)F)c1)n1cc(-c2ncnc3[nH]ccc23)cn1. The van der Waals surface area contributed by atoms with Crippen molar-refractivity contribution in [2.45, 2.75) is 18.6 Å². The first kappa shape index (κ1) is 21.2. The number of carbonyl (C=O) groups excluding carboxylic acids is 2. The van der Waals surface area contributed by atoms with Crippen LogP contribution in [0.2, 0.25) is 0 Å². The molecule has 162 valence electrons. The van der Waals surface area contributed by atoms with Crippen molar-refractivity contribution in [3.05, 3.63) is 52.9 Å². The van der Waals surface area contributed by atoms with Crippen LogP contribution in [0.5, 0.6) is 0 Å². The van der Waals surface area contributed by atoms with Gasteiger partial charge in [0, 0.05) is 23.3 Å². The molecule has 9 nitrogen and oxygen atoms in total. The van der Waals surface area contributed by atoms with Gasteiger partial charge in [-0.05, 0) is 23.1 Å². The van der Waals surface area contributed by atoms with Crippen LogP contribution in [0, 0.1) is 11.3 Å². The molecule has 0 aliphatic heterocycles. The van der Waals surface area contributed by atoms with Crippen LogP contribution in [0.15, 0.2) is 42.4 Å². The van der Waals surface area contributed by atoms with Crippen molar-refractivity contribution in [1.82, 2.24) is 24.7 Å². The summed E-state index contributed by atoms with van der Waals surface area (Å²) < 4.78 is 42.3. The van der Waals surface area contributed by atoms with Gasteiger partial charge in [-0.15, -0.1) is 11.3 Å². The number of thiophene rings is 1. The number of alkyl halides is 3. The van der Waals surface area contributed by atoms with Gasteiger partial charge in [-0.1, -0.05) is 0 Å². The summed E-state index contributed by atoms with van der Waals surface area (Å²) in [6.07, 6.45) is 1.04. The van der Waals surface area contributed by atoms with Crippen LogP contribution in [0.25, 0.3) is 22.3 Å². The molecule has 0 saturated heterocycles. The molecule has 0 aromatic carbocycles. The van der Waals surface area contributed by atoms with E-state index in [1.54, 1.807) is 18.6 Å². The van der Waals surface area contributed by atoms with Crippen molar-refractivity contribution >= 4 is 34.3 Å². The molecule has 4 rings (SSSR count). The highest BCUT2D eigenvalue weighted by molar-refractivity contribution is 7.12. The molecule has 0 amide bonds. The quantitative estimate of drug-likeness (QED) is 0.356. The third-order valence-electron chi connectivity index (χ3n) is 4.46. The summed E-state index contributed by atoms with van der Waals surface area (Å²) in [5.41, 5.74) is 2.38. The van der Waals surface area contributed by atoms with Crippen molar-refractivity contribution in [3.8, 4) is 17.3 Å². The van der Waals surface area contributed by atoms with E-state index in [1.807, 2.05) is 12.1 Å². The third-order valence-corrected chi connectivity index (χ3v) is 5.38. The Hall–Kier alpha value is -4.05. The lowest BCUT2D eigenvalue weighted by Crippen LogP contribution is -2.27. The molecule has 0 radical (unpaired) electrons. The van der Waals surface area contributed by atoms with Gasteiger partial charge in [-0.2, -0.15) is 23.5 Å². The predicted octanol–water partition coefficient (Wildman–Crippen LogP) is 3.63. The summed E-state index contributed by atoms with van der Waals surface area (Å²) in [5, 5.41) is 15.8. The molecule has 4 heterocycles. The van der Waals surface area contributed by atoms with E-state index in [4.69, 9.17) is 0 Å². The number of hydrogen-bond donors (Lipinski definition) is 1. The highest BCUT2D eigenvalue weighted by Crippen LogP contribution is 2.30. The number of nitriles is 1. The highest BCUT2D eigenvalue weighted by atomic mass is 32.1. The van der Waals surface area contributed by atoms with Gasteiger partial charge in [0.05, 0.1) is 30.4 Å². The summed E-state index contributed by atoms with van der Waals surface area (Å²) in [4.78, 5) is 34.0. The normalized spacial score (nSPS) is 12.4. The third kappa shape index (κ3) is 4.08. The molecule has 0 spiro atoms. The summed E-state index contributed by atoms with van der Waals surface area (Å²) >= 11 is 0.796. The van der Waals surface area contributed by atoms with E-state index >= 15 is 0 Å². The van der Waals surface area contributed by atoms with Gasteiger partial charge in [-0.3, -0.25) is 4.68 Å². The average Bonchev–Trinajstić information content (AvgIpc) is 3.51. The van der Waals surface area contributed by atoms with E-state index in [9.17, 15) is 28.0 Å². The molecule has 1 N–H and O–H groups in total. The monoisotopic (exact) mass is 460 g/mol. The molecule has 0 saturated carbocycles. The lowest BCUT2D eigenvalue weighted by atomic mass is 10.1. The van der Waals surface area contributed by atoms with Gasteiger partial charge in [0.2, 0.25) is 0 Å². The standard InChI is InChI=1S/C19H11F3N6O3S/c20-19(21,22)18(30)31-17(29)14-5-10(8-32-14)13(1-3-23)28-7-11(6-27-28)15-12-2-4-24-16(12)26-9-25-15/h2,4-9,13H,1H2,(H,24,25,26). The van der Waals surface area contributed by atoms with Gasteiger partial charge < -0.3 is 9.72 Å². The van der Waals surface area contributed by atoms with Gasteiger partial charge in [0.25, 0.3) is 0 Å². The summed E-state index contributed by atoms with van der Waals surface area (Å²) in [6, 6.07) is 4.48. The van der Waals surface area contributed by atoms with E-state index < -0.39 is 24.2 Å². The van der Waals surface area contributed by atoms with Crippen molar-refractivity contribution in [3.63, 3.8) is 0 Å². The second-order valence-electron chi connectivity index (χ2n) is 6.47. The zero-order valence-corrected chi connectivity index (χ0v) is 16.6. The van der Waals surface area contributed by atoms with Crippen LogP contribution in [-0.4, -0.2) is 42.8 Å². The fraction of sp³-hybridized carbons (Fsp3) is 0.158. The second-order valence-corrected chi connectivity index (χ2v) is 7.38. The largest absolute Gasteiger partial charge is 0.491 e. The number of nitrogens with one attached hydrogen (secondary N) is 1. The minimum atomic E-state index is -5.28. The Balaban J connectivity index is 1.61. The number of aromatic nitrogens is 5. The molecule has 4 aromatic rings. The number of nitrogens with zero attached hydrogens (tertiary/aromatic N) is 5. The average molecular weight is 460 g/mol. The van der Waals surface area contributed by atoms with E-state index in [1.165, 1.54) is 22.5 Å². The van der Waals surface area contributed by atoms with Gasteiger partial charge in [0.15, 0.2) is 0 Å². The van der Waals surface area contributed by atoms with Crippen molar-refractivity contribution in [2.24, 2.45) is 0 Å². The molecule has 0 fully saturated rings. The molecule has 0 aliphatic rings. The van der Waals surface area contributed by atoms with Crippen LogP contribution < -0.4 is 0 Å². The number of halogens is 3. The highest BCUT2D eigenvalue weighted by Gasteiger charge is 2.42. The molecule has 13 heteroatoms. The lowest BCUT2D eigenvalue weighted by molar-refractivity contribution is -0.193. The molecular formula is C19H11F3N6O3S. The minimum Gasteiger partial charge on any atom is -0.382 e. The fourth-order valence-electron chi connectivity index (χ4n) is 3.01. The van der Waals surface area contributed by atoms with E-state index in [-0.39, 0.29) is 11.3 Å². The Morgan fingerprint density at radius 1 is 1.34 bits per heavy atom. The van der Waals surface area contributed by atoms with Crippen LogP contribution in [0.1, 0.15) is 27.7 Å². The van der Waals surface area contributed by atoms with E-state index in [0.29, 0.717) is 22.5 Å². The van der Waals surface area contributed by atoms with Gasteiger partial charge in [-0.25, -0.2) is 19.6 Å². The number of H-pyrrole nitrogens is 1. The van der Waals surface area contributed by atoms with Crippen LogP contribution >= 0.6 is 11.3 Å². The number of esters is 2. The zero-order valence-electron chi connectivity index (χ0n) is 15.8. The van der Waals surface area contributed by atoms with Gasteiger partial charge >= 0.3 is 18.1 Å². The lowest BCUT2D eigenvalue weighted by Gasteiger charge is -2.12. The number of fused-ring (bicyclic) bond motifs is 1. The zero-order chi connectivity index (χ0) is 22.9. The fourth-order valence-corrected chi connectivity index (χ4v) is 3.84. The van der Waals surface area contributed by atoms with Crippen molar-refractivity contribution < 1.29 is 27.5 Å². The van der Waals surface area contributed by atoms with Crippen molar-refractivity contribution in [1.29, 1.82) is 5.26 Å². The van der Waals surface area contributed by atoms with Crippen molar-refractivity contribution in [2.75, 3.05) is 0 Å². The number of carbonyl (C=O) groups is 2. The van der Waals surface area contributed by atoms with Gasteiger partial charge in [0.1, 0.15) is 16.9 Å². The maximum absolute atomic E-state index is 12.3. The molecule has 0 bridgehead atoms. The Labute approximate surface area is 181 Å². The Morgan fingerprint density at radius 3 is 2.91 bits per heavy atom. The first-order chi connectivity index (χ1) is 15.3. The number of rotatable bonds is 5. The van der Waals surface area contributed by atoms with Crippen LogP contribution in [0.3, 0.4) is 0 Å². The molecule has 0 aliphatic carbocycles. The first-order valence-electron chi connectivity index (χ1n) is 8.89. The summed E-state index contributed by atoms with van der Waals surface area (Å²) in [6.45, 7) is 0. The summed E-state index contributed by atoms with van der Waals surface area (Å²) in [7, 11) is 0. The molecular weight excluding hydrogens is 449 g/mol. The molecule has 32 heavy (non-hydrogen) atoms. The summed E-state index contributed by atoms with van der Waals surface area (Å²) in [5.74, 6) is -4.01. The number of aromatic amines is 1. The van der Waals surface area contributed by atoms with E-state index in [0.717, 1.165) is 16.7 Å². The van der Waals surface area contributed by atoms with Crippen LogP contribution in [0.4, 0.5) is 13.2 Å². The van der Waals surface area contributed by atoms with E-state index in [2.05, 4.69) is 24.8 Å². The topological polar surface area (TPSA) is 127 Å². The Bertz CT molecular complexity index is 1350. The number of hydrogen-bond acceptors (Lipinski definition) is 8. The predicted molar refractivity (Wildman–Crippen MR) is 104 cm³/mol. The first-order valence-corrected chi connectivity index (χ1v) is 9.77. The maximum Gasteiger partial charge on any atom is 0.491 e. The molecule has 1 unspecified atom stereocenters. The molecule has 4 aromatic heterocycles. The Morgan fingerprint density at radius 2 is 2.16 bits per heavy atom.